The van der Waals surface area contributed by atoms with Gasteiger partial charge in [-0.05, 0) is 44.1 Å². The molecule has 0 unspecified atom stereocenters. The number of amides is 1. The van der Waals surface area contributed by atoms with Gasteiger partial charge in [-0.25, -0.2) is 4.98 Å². The highest BCUT2D eigenvalue weighted by molar-refractivity contribution is 7.99. The number of rotatable bonds is 3. The van der Waals surface area contributed by atoms with E-state index in [-0.39, 0.29) is 23.4 Å². The lowest BCUT2D eigenvalue weighted by Gasteiger charge is -2.27. The maximum atomic E-state index is 11.9. The lowest BCUT2D eigenvalue weighted by molar-refractivity contribution is 0.0920. The molecule has 1 amide bonds. The van der Waals surface area contributed by atoms with Crippen molar-refractivity contribution in [2.24, 2.45) is 0 Å². The summed E-state index contributed by atoms with van der Waals surface area (Å²) in [7, 11) is 0. The summed E-state index contributed by atoms with van der Waals surface area (Å²) in [4.78, 5) is 15.9. The van der Waals surface area contributed by atoms with Gasteiger partial charge in [0.15, 0.2) is 5.69 Å². The summed E-state index contributed by atoms with van der Waals surface area (Å²) in [5.41, 5.74) is 0.115. The first-order chi connectivity index (χ1) is 8.70. The minimum Gasteiger partial charge on any atom is -0.505 e. The Morgan fingerprint density at radius 2 is 2.17 bits per heavy atom. The molecule has 0 spiro atoms. The van der Waals surface area contributed by atoms with Crippen LogP contribution in [0.1, 0.15) is 36.2 Å². The van der Waals surface area contributed by atoms with E-state index in [0.717, 1.165) is 30.9 Å². The number of hydrogen-bond acceptors (Lipinski definition) is 4. The number of pyridine rings is 1. The van der Waals surface area contributed by atoms with Crippen molar-refractivity contribution in [3.05, 3.63) is 24.0 Å². The van der Waals surface area contributed by atoms with Crippen LogP contribution in [0, 0.1) is 0 Å². The lowest BCUT2D eigenvalue weighted by Crippen LogP contribution is -2.38. The second-order valence-corrected chi connectivity index (χ2v) is 5.69. The van der Waals surface area contributed by atoms with E-state index in [9.17, 15) is 9.90 Å². The molecule has 5 heteroatoms. The molecule has 1 aliphatic rings. The van der Waals surface area contributed by atoms with Crippen LogP contribution in [0.2, 0.25) is 0 Å². The standard InChI is InChI=1S/C13H18N2O2S/c1-18-10-6-4-9(5-7-10)15-13(17)12-11(16)3-2-8-14-12/h2-3,8-10,16H,4-7H2,1H3,(H,15,17). The molecule has 2 rings (SSSR count). The zero-order valence-corrected chi connectivity index (χ0v) is 11.2. The molecule has 0 aromatic carbocycles. The van der Waals surface area contributed by atoms with E-state index in [1.165, 1.54) is 12.3 Å². The molecule has 1 aromatic rings. The number of nitrogens with one attached hydrogen (secondary N) is 1. The van der Waals surface area contributed by atoms with Gasteiger partial charge >= 0.3 is 0 Å². The van der Waals surface area contributed by atoms with E-state index >= 15 is 0 Å². The Balaban J connectivity index is 1.91. The van der Waals surface area contributed by atoms with Crippen LogP contribution in [0.15, 0.2) is 18.3 Å². The van der Waals surface area contributed by atoms with Gasteiger partial charge in [-0.15, -0.1) is 0 Å². The molecule has 1 aliphatic carbocycles. The lowest BCUT2D eigenvalue weighted by atomic mass is 9.95. The summed E-state index contributed by atoms with van der Waals surface area (Å²) in [6, 6.07) is 3.30. The van der Waals surface area contributed by atoms with Crippen LogP contribution in [0.5, 0.6) is 5.75 Å². The first-order valence-electron chi connectivity index (χ1n) is 6.18. The van der Waals surface area contributed by atoms with Crippen LogP contribution in [-0.2, 0) is 0 Å². The van der Waals surface area contributed by atoms with E-state index in [0.29, 0.717) is 0 Å². The smallest absolute Gasteiger partial charge is 0.273 e. The van der Waals surface area contributed by atoms with E-state index in [1.807, 2.05) is 11.8 Å². The average molecular weight is 266 g/mol. The van der Waals surface area contributed by atoms with Crippen molar-refractivity contribution in [3.63, 3.8) is 0 Å². The molecule has 1 heterocycles. The fraction of sp³-hybridized carbons (Fsp3) is 0.538. The summed E-state index contributed by atoms with van der Waals surface area (Å²) in [5.74, 6) is -0.339. The van der Waals surface area contributed by atoms with Crippen molar-refractivity contribution in [2.75, 3.05) is 6.26 Å². The largest absolute Gasteiger partial charge is 0.505 e. The summed E-state index contributed by atoms with van der Waals surface area (Å²) in [5, 5.41) is 13.2. The number of hydrogen-bond donors (Lipinski definition) is 2. The Hall–Kier alpha value is -1.23. The third kappa shape index (κ3) is 3.16. The minimum absolute atomic E-state index is 0.0622. The average Bonchev–Trinajstić information content (AvgIpc) is 2.40. The minimum atomic E-state index is -0.277. The molecule has 1 saturated carbocycles. The molecule has 1 fully saturated rings. The molecule has 18 heavy (non-hydrogen) atoms. The number of carbonyl (C=O) groups is 1. The molecule has 0 bridgehead atoms. The highest BCUT2D eigenvalue weighted by Crippen LogP contribution is 2.27. The van der Waals surface area contributed by atoms with E-state index < -0.39 is 0 Å². The zero-order valence-electron chi connectivity index (χ0n) is 10.4. The van der Waals surface area contributed by atoms with Gasteiger partial charge in [0.25, 0.3) is 5.91 Å². The molecule has 1 aromatic heterocycles. The van der Waals surface area contributed by atoms with Gasteiger partial charge in [0.1, 0.15) is 5.75 Å². The zero-order chi connectivity index (χ0) is 13.0. The van der Waals surface area contributed by atoms with Gasteiger partial charge in [0.05, 0.1) is 0 Å². The quantitative estimate of drug-likeness (QED) is 0.880. The Labute approximate surface area is 111 Å². The van der Waals surface area contributed by atoms with Gasteiger partial charge < -0.3 is 10.4 Å². The van der Waals surface area contributed by atoms with Crippen molar-refractivity contribution in [3.8, 4) is 5.75 Å². The third-order valence-corrected chi connectivity index (χ3v) is 4.48. The normalized spacial score (nSPS) is 23.6. The summed E-state index contributed by atoms with van der Waals surface area (Å²) in [6.45, 7) is 0. The van der Waals surface area contributed by atoms with Gasteiger partial charge in [0, 0.05) is 17.5 Å². The molecule has 0 radical (unpaired) electrons. The molecular weight excluding hydrogens is 248 g/mol. The maximum Gasteiger partial charge on any atom is 0.273 e. The second kappa shape index (κ2) is 6.09. The highest BCUT2D eigenvalue weighted by atomic mass is 32.2. The van der Waals surface area contributed by atoms with Crippen molar-refractivity contribution in [1.82, 2.24) is 10.3 Å². The molecule has 98 valence electrons. The summed E-state index contributed by atoms with van der Waals surface area (Å²) < 4.78 is 0. The molecule has 2 N–H and O–H groups in total. The van der Waals surface area contributed by atoms with Gasteiger partial charge in [-0.2, -0.15) is 11.8 Å². The van der Waals surface area contributed by atoms with Crippen molar-refractivity contribution >= 4 is 17.7 Å². The van der Waals surface area contributed by atoms with E-state index in [2.05, 4.69) is 16.6 Å². The fourth-order valence-corrected chi connectivity index (χ4v) is 3.01. The van der Waals surface area contributed by atoms with Crippen molar-refractivity contribution < 1.29 is 9.90 Å². The topological polar surface area (TPSA) is 62.2 Å². The summed E-state index contributed by atoms with van der Waals surface area (Å²) >= 11 is 1.90. The molecule has 4 nitrogen and oxygen atoms in total. The molecule has 0 saturated heterocycles. The van der Waals surface area contributed by atoms with Crippen LogP contribution in [0.25, 0.3) is 0 Å². The summed E-state index contributed by atoms with van der Waals surface area (Å²) in [6.07, 6.45) is 7.94. The van der Waals surface area contributed by atoms with Crippen molar-refractivity contribution in [2.45, 2.75) is 37.0 Å². The Morgan fingerprint density at radius 3 is 2.78 bits per heavy atom. The van der Waals surface area contributed by atoms with Crippen molar-refractivity contribution in [1.29, 1.82) is 0 Å². The SMILES string of the molecule is CSC1CCC(NC(=O)c2ncccc2O)CC1. The molecule has 0 atom stereocenters. The highest BCUT2D eigenvalue weighted by Gasteiger charge is 2.23. The third-order valence-electron chi connectivity index (χ3n) is 3.34. The van der Waals surface area contributed by atoms with Crippen LogP contribution >= 0.6 is 11.8 Å². The first kappa shape index (κ1) is 13.2. The Bertz CT molecular complexity index is 417. The predicted molar refractivity (Wildman–Crippen MR) is 72.9 cm³/mol. The first-order valence-corrected chi connectivity index (χ1v) is 7.47. The van der Waals surface area contributed by atoms with Crippen LogP contribution < -0.4 is 5.32 Å². The number of carbonyl (C=O) groups excluding carboxylic acids is 1. The molecular formula is C13H18N2O2S. The van der Waals surface area contributed by atoms with Gasteiger partial charge in [0.2, 0.25) is 0 Å². The number of nitrogens with zero attached hydrogens (tertiary/aromatic N) is 1. The number of aromatic nitrogens is 1. The van der Waals surface area contributed by atoms with Gasteiger partial charge in [-0.3, -0.25) is 4.79 Å². The van der Waals surface area contributed by atoms with Crippen LogP contribution in [-0.4, -0.2) is 33.5 Å². The maximum absolute atomic E-state index is 11.9. The van der Waals surface area contributed by atoms with Crippen LogP contribution in [0.3, 0.4) is 0 Å². The Morgan fingerprint density at radius 1 is 1.44 bits per heavy atom. The van der Waals surface area contributed by atoms with E-state index in [1.54, 1.807) is 6.07 Å². The number of aromatic hydroxyl groups is 1. The fourth-order valence-electron chi connectivity index (χ4n) is 2.27. The molecule has 0 aliphatic heterocycles. The van der Waals surface area contributed by atoms with E-state index in [4.69, 9.17) is 0 Å². The van der Waals surface area contributed by atoms with Gasteiger partial charge in [-0.1, -0.05) is 0 Å². The second-order valence-electron chi connectivity index (χ2n) is 4.55. The monoisotopic (exact) mass is 266 g/mol. The number of thioether (sulfide) groups is 1. The Kier molecular flexibility index (Phi) is 4.47. The predicted octanol–water partition coefficient (Wildman–Crippen LogP) is 2.19. The van der Waals surface area contributed by atoms with Crippen LogP contribution in [0.4, 0.5) is 0 Å².